The van der Waals surface area contributed by atoms with Crippen molar-refractivity contribution in [2.75, 3.05) is 6.54 Å². The molecule has 0 bridgehead atoms. The third-order valence-corrected chi connectivity index (χ3v) is 4.75. The smallest absolute Gasteiger partial charge is 0.431 e. The van der Waals surface area contributed by atoms with E-state index in [-0.39, 0.29) is 6.42 Å². The Kier molecular flexibility index (Phi) is 6.01. The number of nitrogens with zero attached hydrogens (tertiary/aromatic N) is 2. The fourth-order valence-corrected chi connectivity index (χ4v) is 3.22. The van der Waals surface area contributed by atoms with Gasteiger partial charge in [-0.15, -0.1) is 5.06 Å². The molecule has 27 heavy (non-hydrogen) atoms. The number of cyclic esters (lactones) is 1. The standard InChI is InChI=1S/C18H29N3O6/c1-6-7-8-9-10-19-15(24)27-21-16(25)20(14(23)18(21,4)5)12-11-17(2,3)26-13(12)22/h12H,6-11H2,1-5H3,(H,19,24). The molecular weight excluding hydrogens is 354 g/mol. The third kappa shape index (κ3) is 4.33. The van der Waals surface area contributed by atoms with Crippen LogP contribution < -0.4 is 5.32 Å². The van der Waals surface area contributed by atoms with Crippen molar-refractivity contribution < 1.29 is 28.8 Å². The zero-order valence-corrected chi connectivity index (χ0v) is 16.7. The molecule has 9 heteroatoms. The highest BCUT2D eigenvalue weighted by molar-refractivity contribution is 6.09. The summed E-state index contributed by atoms with van der Waals surface area (Å²) >= 11 is 0. The van der Waals surface area contributed by atoms with Gasteiger partial charge in [0.05, 0.1) is 0 Å². The summed E-state index contributed by atoms with van der Waals surface area (Å²) in [6.07, 6.45) is 3.32. The highest BCUT2D eigenvalue weighted by atomic mass is 16.7. The second-order valence-electron chi connectivity index (χ2n) is 8.08. The molecule has 1 N–H and O–H groups in total. The van der Waals surface area contributed by atoms with E-state index < -0.39 is 41.2 Å². The van der Waals surface area contributed by atoms with E-state index in [1.165, 1.54) is 13.8 Å². The zero-order chi connectivity index (χ0) is 20.4. The van der Waals surface area contributed by atoms with Gasteiger partial charge >= 0.3 is 18.1 Å². The molecule has 2 rings (SSSR count). The van der Waals surface area contributed by atoms with E-state index >= 15 is 0 Å². The number of imide groups is 1. The highest BCUT2D eigenvalue weighted by Gasteiger charge is 2.60. The largest absolute Gasteiger partial charge is 0.458 e. The van der Waals surface area contributed by atoms with Crippen molar-refractivity contribution in [2.45, 2.75) is 83.9 Å². The molecule has 0 aromatic rings. The van der Waals surface area contributed by atoms with Crippen molar-refractivity contribution in [1.29, 1.82) is 0 Å². The van der Waals surface area contributed by atoms with E-state index in [9.17, 15) is 19.2 Å². The van der Waals surface area contributed by atoms with E-state index in [1.54, 1.807) is 13.8 Å². The molecule has 9 nitrogen and oxygen atoms in total. The Hall–Kier alpha value is -2.32. The molecule has 152 valence electrons. The predicted octanol–water partition coefficient (Wildman–Crippen LogP) is 2.34. The molecule has 2 fully saturated rings. The number of hydrogen-bond acceptors (Lipinski definition) is 6. The molecule has 2 saturated heterocycles. The van der Waals surface area contributed by atoms with Crippen LogP contribution >= 0.6 is 0 Å². The number of unbranched alkanes of at least 4 members (excludes halogenated alkanes) is 3. The van der Waals surface area contributed by atoms with Gasteiger partial charge in [0.2, 0.25) is 0 Å². The molecule has 0 aromatic heterocycles. The number of urea groups is 1. The number of carbonyl (C=O) groups excluding carboxylic acids is 4. The van der Waals surface area contributed by atoms with Crippen LogP contribution in [0.1, 0.15) is 66.7 Å². The van der Waals surface area contributed by atoms with Crippen LogP contribution in [0.25, 0.3) is 0 Å². The molecule has 1 atom stereocenters. The molecule has 0 saturated carbocycles. The summed E-state index contributed by atoms with van der Waals surface area (Å²) in [5, 5.41) is 3.30. The van der Waals surface area contributed by atoms with Crippen LogP contribution in [0.3, 0.4) is 0 Å². The molecule has 2 heterocycles. The van der Waals surface area contributed by atoms with Gasteiger partial charge in [0.25, 0.3) is 5.91 Å². The number of rotatable bonds is 7. The maximum Gasteiger partial charge on any atom is 0.431 e. The minimum Gasteiger partial charge on any atom is -0.458 e. The van der Waals surface area contributed by atoms with Gasteiger partial charge in [0.1, 0.15) is 11.6 Å². The minimum atomic E-state index is -1.41. The molecule has 2 aliphatic heterocycles. The van der Waals surface area contributed by atoms with Gasteiger partial charge < -0.3 is 14.9 Å². The van der Waals surface area contributed by atoms with Crippen molar-refractivity contribution in [2.24, 2.45) is 0 Å². The molecule has 0 spiro atoms. The lowest BCUT2D eigenvalue weighted by Crippen LogP contribution is -2.47. The van der Waals surface area contributed by atoms with Crippen LogP contribution in [0.4, 0.5) is 9.59 Å². The molecule has 0 radical (unpaired) electrons. The molecule has 0 aliphatic carbocycles. The Morgan fingerprint density at radius 2 is 1.85 bits per heavy atom. The van der Waals surface area contributed by atoms with Gasteiger partial charge in [-0.05, 0) is 34.1 Å². The summed E-state index contributed by atoms with van der Waals surface area (Å²) in [4.78, 5) is 55.6. The average Bonchev–Trinajstić information content (AvgIpc) is 2.92. The Labute approximate surface area is 159 Å². The topological polar surface area (TPSA) is 105 Å². The quantitative estimate of drug-likeness (QED) is 0.411. The van der Waals surface area contributed by atoms with Crippen molar-refractivity contribution in [3.8, 4) is 0 Å². The Morgan fingerprint density at radius 1 is 1.19 bits per heavy atom. The fraction of sp³-hybridized carbons (Fsp3) is 0.778. The fourth-order valence-electron chi connectivity index (χ4n) is 3.22. The van der Waals surface area contributed by atoms with E-state index in [2.05, 4.69) is 12.2 Å². The first-order valence-electron chi connectivity index (χ1n) is 9.38. The monoisotopic (exact) mass is 383 g/mol. The van der Waals surface area contributed by atoms with Crippen molar-refractivity contribution >= 4 is 24.0 Å². The summed E-state index contributed by atoms with van der Waals surface area (Å²) in [6.45, 7) is 8.86. The zero-order valence-electron chi connectivity index (χ0n) is 16.7. The van der Waals surface area contributed by atoms with Gasteiger partial charge in [-0.3, -0.25) is 4.79 Å². The summed E-state index contributed by atoms with van der Waals surface area (Å²) < 4.78 is 5.22. The van der Waals surface area contributed by atoms with Gasteiger partial charge in [-0.1, -0.05) is 26.2 Å². The molecular formula is C18H29N3O6. The second kappa shape index (κ2) is 7.74. The number of hydrogen-bond donors (Lipinski definition) is 1. The number of nitrogens with one attached hydrogen (secondary N) is 1. The lowest BCUT2D eigenvalue weighted by atomic mass is 10.0. The van der Waals surface area contributed by atoms with Crippen molar-refractivity contribution in [3.05, 3.63) is 0 Å². The van der Waals surface area contributed by atoms with Crippen molar-refractivity contribution in [1.82, 2.24) is 15.3 Å². The van der Waals surface area contributed by atoms with E-state index in [4.69, 9.17) is 9.57 Å². The van der Waals surface area contributed by atoms with E-state index in [0.717, 1.165) is 35.6 Å². The third-order valence-electron chi connectivity index (χ3n) is 4.75. The van der Waals surface area contributed by atoms with Crippen LogP contribution in [-0.2, 0) is 19.2 Å². The van der Waals surface area contributed by atoms with Gasteiger partial charge in [-0.25, -0.2) is 19.3 Å². The van der Waals surface area contributed by atoms with Crippen molar-refractivity contribution in [3.63, 3.8) is 0 Å². The summed E-state index contributed by atoms with van der Waals surface area (Å²) in [6, 6.07) is -1.87. The summed E-state index contributed by atoms with van der Waals surface area (Å²) in [5.41, 5.74) is -2.18. The van der Waals surface area contributed by atoms with Crippen LogP contribution in [-0.4, -0.2) is 57.7 Å². The van der Waals surface area contributed by atoms with Crippen LogP contribution in [0.2, 0.25) is 0 Å². The predicted molar refractivity (Wildman–Crippen MR) is 95.4 cm³/mol. The average molecular weight is 383 g/mol. The van der Waals surface area contributed by atoms with Crippen LogP contribution in [0.15, 0.2) is 0 Å². The SMILES string of the molecule is CCCCCCNC(=O)ON1C(=O)N(C2CC(C)(C)OC2=O)C(=O)C1(C)C. The molecule has 2 aliphatic rings. The number of amides is 4. The van der Waals surface area contributed by atoms with E-state index in [0.29, 0.717) is 6.54 Å². The first kappa shape index (κ1) is 21.0. The maximum absolute atomic E-state index is 12.7. The van der Waals surface area contributed by atoms with Gasteiger partial charge in [0, 0.05) is 13.0 Å². The molecule has 4 amide bonds. The first-order chi connectivity index (χ1) is 12.5. The highest BCUT2D eigenvalue weighted by Crippen LogP contribution is 2.36. The Morgan fingerprint density at radius 3 is 2.41 bits per heavy atom. The van der Waals surface area contributed by atoms with Crippen LogP contribution in [0.5, 0.6) is 0 Å². The number of hydroxylamine groups is 2. The molecule has 1 unspecified atom stereocenters. The van der Waals surface area contributed by atoms with Crippen LogP contribution in [0, 0.1) is 0 Å². The van der Waals surface area contributed by atoms with Gasteiger partial charge in [0.15, 0.2) is 5.54 Å². The summed E-state index contributed by atoms with van der Waals surface area (Å²) in [7, 11) is 0. The number of esters is 1. The number of carbonyl (C=O) groups is 4. The lowest BCUT2D eigenvalue weighted by molar-refractivity contribution is -0.152. The number of ether oxygens (including phenoxy) is 1. The second-order valence-corrected chi connectivity index (χ2v) is 8.08. The van der Waals surface area contributed by atoms with Gasteiger partial charge in [-0.2, -0.15) is 0 Å². The Bertz CT molecular complexity index is 631. The minimum absolute atomic E-state index is 0.191. The molecule has 0 aromatic carbocycles. The summed E-state index contributed by atoms with van der Waals surface area (Å²) in [5.74, 6) is -1.25. The lowest BCUT2D eigenvalue weighted by Gasteiger charge is -2.25. The maximum atomic E-state index is 12.7. The Balaban J connectivity index is 2.03. The normalized spacial score (nSPS) is 23.6. The first-order valence-corrected chi connectivity index (χ1v) is 9.38. The van der Waals surface area contributed by atoms with E-state index in [1.807, 2.05) is 0 Å².